The Kier molecular flexibility index (Phi) is 3.26. The summed E-state index contributed by atoms with van der Waals surface area (Å²) in [6.07, 6.45) is 0. The number of nitriles is 1. The van der Waals surface area contributed by atoms with Gasteiger partial charge in [-0.25, -0.2) is 4.98 Å². The predicted molar refractivity (Wildman–Crippen MR) is 81.6 cm³/mol. The van der Waals surface area contributed by atoms with Crippen molar-refractivity contribution in [3.63, 3.8) is 0 Å². The Hall–Kier alpha value is -2.16. The molecule has 20 heavy (non-hydrogen) atoms. The molecule has 0 spiro atoms. The second-order valence-corrected chi connectivity index (χ2v) is 5.77. The lowest BCUT2D eigenvalue weighted by molar-refractivity contribution is 1.23. The molecule has 0 saturated heterocycles. The van der Waals surface area contributed by atoms with E-state index >= 15 is 0 Å². The van der Waals surface area contributed by atoms with E-state index in [1.165, 1.54) is 0 Å². The van der Waals surface area contributed by atoms with Crippen LogP contribution in [0.1, 0.15) is 10.4 Å². The van der Waals surface area contributed by atoms with Gasteiger partial charge in [-0.05, 0) is 36.7 Å². The Bertz CT molecular complexity index is 835. The molecule has 0 bridgehead atoms. The zero-order valence-electron chi connectivity index (χ0n) is 10.5. The van der Waals surface area contributed by atoms with Crippen LogP contribution in [-0.4, -0.2) is 9.97 Å². The topological polar surface area (TPSA) is 61.6 Å². The number of nitrogens with one attached hydrogen (secondary N) is 1. The van der Waals surface area contributed by atoms with Gasteiger partial charge in [-0.3, -0.25) is 0 Å². The number of anilines is 2. The highest BCUT2D eigenvalue weighted by atomic mass is 35.5. The van der Waals surface area contributed by atoms with Gasteiger partial charge in [0.2, 0.25) is 5.28 Å². The van der Waals surface area contributed by atoms with Crippen LogP contribution < -0.4 is 5.32 Å². The molecule has 1 aromatic carbocycles. The summed E-state index contributed by atoms with van der Waals surface area (Å²) in [5.74, 6) is 0.618. The molecular formula is C14H9ClN4S. The van der Waals surface area contributed by atoms with Crippen molar-refractivity contribution in [3.8, 4) is 6.07 Å². The van der Waals surface area contributed by atoms with Crippen molar-refractivity contribution in [2.75, 3.05) is 5.32 Å². The number of nitrogens with zero attached hydrogens (tertiary/aromatic N) is 3. The number of halogens is 1. The van der Waals surface area contributed by atoms with Crippen LogP contribution >= 0.6 is 22.9 Å². The highest BCUT2D eigenvalue weighted by Crippen LogP contribution is 2.31. The van der Waals surface area contributed by atoms with Crippen LogP contribution in [-0.2, 0) is 0 Å². The molecule has 0 radical (unpaired) electrons. The van der Waals surface area contributed by atoms with Crippen LogP contribution in [0.4, 0.5) is 11.5 Å². The van der Waals surface area contributed by atoms with E-state index in [0.29, 0.717) is 17.1 Å². The van der Waals surface area contributed by atoms with Crippen LogP contribution in [0.25, 0.3) is 10.2 Å². The van der Waals surface area contributed by atoms with Crippen molar-refractivity contribution >= 4 is 44.7 Å². The Balaban J connectivity index is 2.13. The SMILES string of the molecule is Cc1cc2c(Nc3ccccc3C#N)nc(Cl)nc2s1. The van der Waals surface area contributed by atoms with Crippen LogP contribution in [0.3, 0.4) is 0 Å². The fourth-order valence-corrected chi connectivity index (χ4v) is 3.03. The largest absolute Gasteiger partial charge is 0.338 e. The van der Waals surface area contributed by atoms with E-state index in [9.17, 15) is 0 Å². The number of hydrogen-bond donors (Lipinski definition) is 1. The first kappa shape index (κ1) is 12.9. The lowest BCUT2D eigenvalue weighted by Crippen LogP contribution is -1.97. The van der Waals surface area contributed by atoms with E-state index in [1.54, 1.807) is 17.4 Å². The third-order valence-corrected chi connectivity index (χ3v) is 3.90. The summed E-state index contributed by atoms with van der Waals surface area (Å²) in [6.45, 7) is 2.01. The van der Waals surface area contributed by atoms with Gasteiger partial charge in [0.1, 0.15) is 16.7 Å². The normalized spacial score (nSPS) is 10.4. The fourth-order valence-electron chi connectivity index (χ4n) is 1.93. The molecule has 0 aliphatic rings. The van der Waals surface area contributed by atoms with E-state index in [0.717, 1.165) is 15.1 Å². The molecule has 0 amide bonds. The second-order valence-electron chi connectivity index (χ2n) is 4.20. The minimum atomic E-state index is 0.191. The summed E-state index contributed by atoms with van der Waals surface area (Å²) in [6, 6.07) is 11.4. The second kappa shape index (κ2) is 5.08. The van der Waals surface area contributed by atoms with Crippen molar-refractivity contribution in [1.82, 2.24) is 9.97 Å². The molecule has 2 aromatic heterocycles. The molecule has 6 heteroatoms. The molecule has 0 unspecified atom stereocenters. The van der Waals surface area contributed by atoms with Gasteiger partial charge in [-0.2, -0.15) is 10.2 Å². The molecule has 4 nitrogen and oxygen atoms in total. The number of hydrogen-bond acceptors (Lipinski definition) is 5. The van der Waals surface area contributed by atoms with Gasteiger partial charge in [-0.1, -0.05) is 12.1 Å². The van der Waals surface area contributed by atoms with E-state index in [2.05, 4.69) is 21.4 Å². The molecule has 0 atom stereocenters. The highest BCUT2D eigenvalue weighted by molar-refractivity contribution is 7.18. The summed E-state index contributed by atoms with van der Waals surface area (Å²) in [4.78, 5) is 10.4. The molecule has 0 saturated carbocycles. The van der Waals surface area contributed by atoms with Gasteiger partial charge in [0, 0.05) is 4.88 Å². The third-order valence-electron chi connectivity index (χ3n) is 2.79. The minimum Gasteiger partial charge on any atom is -0.338 e. The summed E-state index contributed by atoms with van der Waals surface area (Å²) in [5, 5.41) is 13.4. The van der Waals surface area contributed by atoms with Crippen LogP contribution in [0.5, 0.6) is 0 Å². The van der Waals surface area contributed by atoms with Crippen molar-refractivity contribution in [3.05, 3.63) is 46.1 Å². The fraction of sp³-hybridized carbons (Fsp3) is 0.0714. The number of aromatic nitrogens is 2. The standard InChI is InChI=1S/C14H9ClN4S/c1-8-6-10-12(18-14(15)19-13(10)20-8)17-11-5-3-2-4-9(11)7-16/h2-6H,1H3,(H,17,18,19). The smallest absolute Gasteiger partial charge is 0.225 e. The summed E-state index contributed by atoms with van der Waals surface area (Å²) in [5.41, 5.74) is 1.26. The quantitative estimate of drug-likeness (QED) is 0.718. The van der Waals surface area contributed by atoms with Crippen molar-refractivity contribution in [2.24, 2.45) is 0 Å². The highest BCUT2D eigenvalue weighted by Gasteiger charge is 2.11. The number of rotatable bonds is 2. The molecule has 1 N–H and O–H groups in total. The van der Waals surface area contributed by atoms with E-state index in [-0.39, 0.29) is 5.28 Å². The number of aryl methyl sites for hydroxylation is 1. The predicted octanol–water partition coefficient (Wildman–Crippen LogP) is 4.27. The van der Waals surface area contributed by atoms with Crippen molar-refractivity contribution < 1.29 is 0 Å². The van der Waals surface area contributed by atoms with E-state index in [4.69, 9.17) is 16.9 Å². The molecule has 98 valence electrons. The number of thiophene rings is 1. The van der Waals surface area contributed by atoms with Gasteiger partial charge in [0.05, 0.1) is 16.6 Å². The Morgan fingerprint density at radius 3 is 2.90 bits per heavy atom. The summed E-state index contributed by atoms with van der Waals surface area (Å²) >= 11 is 7.51. The number of benzene rings is 1. The third kappa shape index (κ3) is 2.31. The first-order valence-electron chi connectivity index (χ1n) is 5.87. The Labute approximate surface area is 124 Å². The zero-order valence-corrected chi connectivity index (χ0v) is 12.1. The molecule has 0 aliphatic carbocycles. The monoisotopic (exact) mass is 300 g/mol. The Morgan fingerprint density at radius 2 is 2.10 bits per heavy atom. The molecule has 3 aromatic rings. The maximum absolute atomic E-state index is 9.12. The van der Waals surface area contributed by atoms with Crippen LogP contribution in [0.15, 0.2) is 30.3 Å². The number of fused-ring (bicyclic) bond motifs is 1. The zero-order chi connectivity index (χ0) is 14.1. The van der Waals surface area contributed by atoms with Gasteiger partial charge in [0.15, 0.2) is 0 Å². The first-order chi connectivity index (χ1) is 9.67. The molecule has 0 aliphatic heterocycles. The van der Waals surface area contributed by atoms with Gasteiger partial charge in [0.25, 0.3) is 0 Å². The summed E-state index contributed by atoms with van der Waals surface area (Å²) < 4.78 is 0. The maximum atomic E-state index is 9.12. The van der Waals surface area contributed by atoms with Gasteiger partial charge in [-0.15, -0.1) is 11.3 Å². The average Bonchev–Trinajstić information content (AvgIpc) is 2.79. The summed E-state index contributed by atoms with van der Waals surface area (Å²) in [7, 11) is 0. The van der Waals surface area contributed by atoms with Crippen LogP contribution in [0.2, 0.25) is 5.28 Å². The first-order valence-corrected chi connectivity index (χ1v) is 7.06. The van der Waals surface area contributed by atoms with Crippen LogP contribution in [0, 0.1) is 18.3 Å². The number of para-hydroxylation sites is 1. The molecule has 2 heterocycles. The average molecular weight is 301 g/mol. The molecular weight excluding hydrogens is 292 g/mol. The molecule has 0 fully saturated rings. The lowest BCUT2D eigenvalue weighted by atomic mass is 10.2. The van der Waals surface area contributed by atoms with Gasteiger partial charge < -0.3 is 5.32 Å². The Morgan fingerprint density at radius 1 is 1.30 bits per heavy atom. The van der Waals surface area contributed by atoms with Crippen molar-refractivity contribution in [1.29, 1.82) is 5.26 Å². The maximum Gasteiger partial charge on any atom is 0.225 e. The van der Waals surface area contributed by atoms with Gasteiger partial charge >= 0.3 is 0 Å². The minimum absolute atomic E-state index is 0.191. The lowest BCUT2D eigenvalue weighted by Gasteiger charge is -2.08. The van der Waals surface area contributed by atoms with Crippen molar-refractivity contribution in [2.45, 2.75) is 6.92 Å². The van der Waals surface area contributed by atoms with E-state index < -0.39 is 0 Å². The molecule has 3 rings (SSSR count). The van der Waals surface area contributed by atoms with E-state index in [1.807, 2.05) is 31.2 Å².